The number of hydrogen-bond acceptors (Lipinski definition) is 5. The number of nitrogens with zero attached hydrogens (tertiary/aromatic N) is 2. The summed E-state index contributed by atoms with van der Waals surface area (Å²) in [6.45, 7) is 1.68. The van der Waals surface area contributed by atoms with Crippen molar-refractivity contribution < 1.29 is 18.3 Å². The quantitative estimate of drug-likeness (QED) is 0.555. The second kappa shape index (κ2) is 8.61. The molecule has 2 rings (SSSR count). The van der Waals surface area contributed by atoms with Crippen LogP contribution in [0.5, 0.6) is 0 Å². The van der Waals surface area contributed by atoms with E-state index in [9.17, 15) is 13.2 Å². The van der Waals surface area contributed by atoms with E-state index in [-0.39, 0.29) is 17.3 Å². The zero-order chi connectivity index (χ0) is 18.3. The second-order valence-electron chi connectivity index (χ2n) is 5.81. The molecule has 8 nitrogen and oxygen atoms in total. The Kier molecular flexibility index (Phi) is 6.51. The number of unbranched alkanes of at least 4 members (excludes halogenated alkanes) is 3. The van der Waals surface area contributed by atoms with E-state index < -0.39 is 16.0 Å². The van der Waals surface area contributed by atoms with Crippen LogP contribution in [0.2, 0.25) is 0 Å². The van der Waals surface area contributed by atoms with Gasteiger partial charge < -0.3 is 5.11 Å². The Balaban J connectivity index is 1.90. The van der Waals surface area contributed by atoms with Crippen LogP contribution in [0.4, 0.5) is 5.95 Å². The van der Waals surface area contributed by atoms with Gasteiger partial charge in [0.2, 0.25) is 0 Å². The predicted molar refractivity (Wildman–Crippen MR) is 92.8 cm³/mol. The van der Waals surface area contributed by atoms with Gasteiger partial charge in [0.25, 0.3) is 16.0 Å². The van der Waals surface area contributed by atoms with Crippen LogP contribution in [-0.2, 0) is 21.2 Å². The standard InChI is InChI=1S/C16H22N4O4S/c1-12-17-16(19-18-12)20-25(23,24)14-9-6-8-13(11-14)7-4-2-3-5-10-15(21)22/h6,8-9,11H,2-5,7,10H2,1H3,(H,21,22)(H2,17,18,19,20). The average molecular weight is 366 g/mol. The average Bonchev–Trinajstić information content (AvgIpc) is 2.95. The fraction of sp³-hybridized carbons (Fsp3) is 0.438. The molecule has 136 valence electrons. The molecule has 0 atom stereocenters. The first-order valence-corrected chi connectivity index (χ1v) is 9.58. The van der Waals surface area contributed by atoms with Crippen LogP contribution in [0.1, 0.15) is 43.5 Å². The highest BCUT2D eigenvalue weighted by molar-refractivity contribution is 7.92. The first kappa shape index (κ1) is 18.9. The maximum atomic E-state index is 12.4. The smallest absolute Gasteiger partial charge is 0.303 e. The van der Waals surface area contributed by atoms with Gasteiger partial charge in [-0.05, 0) is 43.9 Å². The molecule has 0 aliphatic rings. The summed E-state index contributed by atoms with van der Waals surface area (Å²) in [5, 5.41) is 14.9. The largest absolute Gasteiger partial charge is 0.481 e. The minimum Gasteiger partial charge on any atom is -0.481 e. The third-order valence-electron chi connectivity index (χ3n) is 3.64. The maximum Gasteiger partial charge on any atom is 0.303 e. The Bertz CT molecular complexity index is 817. The number of benzene rings is 1. The van der Waals surface area contributed by atoms with Crippen molar-refractivity contribution in [1.82, 2.24) is 15.2 Å². The lowest BCUT2D eigenvalue weighted by atomic mass is 10.1. The Morgan fingerprint density at radius 1 is 1.24 bits per heavy atom. The molecule has 2 aromatic rings. The zero-order valence-corrected chi connectivity index (χ0v) is 14.8. The normalized spacial score (nSPS) is 11.4. The number of hydrogen-bond donors (Lipinski definition) is 3. The number of aromatic amines is 1. The van der Waals surface area contributed by atoms with Crippen molar-refractivity contribution in [3.63, 3.8) is 0 Å². The minimum atomic E-state index is -3.73. The fourth-order valence-electron chi connectivity index (χ4n) is 2.39. The third kappa shape index (κ3) is 6.18. The van der Waals surface area contributed by atoms with Crippen molar-refractivity contribution in [1.29, 1.82) is 0 Å². The highest BCUT2D eigenvalue weighted by atomic mass is 32.2. The predicted octanol–water partition coefficient (Wildman–Crippen LogP) is 2.49. The Hall–Kier alpha value is -2.42. The molecule has 25 heavy (non-hydrogen) atoms. The first-order valence-electron chi connectivity index (χ1n) is 8.09. The highest BCUT2D eigenvalue weighted by Gasteiger charge is 2.16. The maximum absolute atomic E-state index is 12.4. The molecule has 1 heterocycles. The molecule has 3 N–H and O–H groups in total. The van der Waals surface area contributed by atoms with Gasteiger partial charge in [0.1, 0.15) is 5.82 Å². The van der Waals surface area contributed by atoms with Crippen LogP contribution < -0.4 is 4.72 Å². The van der Waals surface area contributed by atoms with Gasteiger partial charge in [-0.25, -0.2) is 13.1 Å². The van der Waals surface area contributed by atoms with Crippen molar-refractivity contribution in [3.05, 3.63) is 35.7 Å². The summed E-state index contributed by atoms with van der Waals surface area (Å²) < 4.78 is 27.1. The number of H-pyrrole nitrogens is 1. The number of nitrogens with one attached hydrogen (secondary N) is 2. The lowest BCUT2D eigenvalue weighted by molar-refractivity contribution is -0.137. The van der Waals surface area contributed by atoms with E-state index in [0.717, 1.165) is 31.2 Å². The Morgan fingerprint density at radius 2 is 2.00 bits per heavy atom. The molecule has 0 unspecified atom stereocenters. The van der Waals surface area contributed by atoms with Crippen LogP contribution >= 0.6 is 0 Å². The first-order chi connectivity index (χ1) is 11.9. The molecular formula is C16H22N4O4S. The van der Waals surface area contributed by atoms with E-state index in [1.807, 2.05) is 6.07 Å². The molecule has 0 saturated carbocycles. The van der Waals surface area contributed by atoms with E-state index in [0.29, 0.717) is 12.2 Å². The van der Waals surface area contributed by atoms with Gasteiger partial charge >= 0.3 is 5.97 Å². The van der Waals surface area contributed by atoms with Gasteiger partial charge in [-0.15, -0.1) is 5.10 Å². The number of aromatic nitrogens is 3. The van der Waals surface area contributed by atoms with Gasteiger partial charge in [-0.2, -0.15) is 4.98 Å². The topological polar surface area (TPSA) is 125 Å². The van der Waals surface area contributed by atoms with Crippen molar-refractivity contribution in [3.8, 4) is 0 Å². The van der Waals surface area contributed by atoms with E-state index in [1.54, 1.807) is 19.1 Å². The number of carboxylic acid groups (broad SMARTS) is 1. The van der Waals surface area contributed by atoms with Gasteiger partial charge in [-0.3, -0.25) is 9.89 Å². The lowest BCUT2D eigenvalue weighted by Gasteiger charge is -2.07. The summed E-state index contributed by atoms with van der Waals surface area (Å²) >= 11 is 0. The Labute approximate surface area is 146 Å². The molecule has 0 spiro atoms. The van der Waals surface area contributed by atoms with E-state index in [4.69, 9.17) is 5.11 Å². The van der Waals surface area contributed by atoms with Crippen molar-refractivity contribution in [2.75, 3.05) is 4.72 Å². The van der Waals surface area contributed by atoms with Gasteiger partial charge in [0, 0.05) is 6.42 Å². The van der Waals surface area contributed by atoms with Gasteiger partial charge in [0.15, 0.2) is 0 Å². The summed E-state index contributed by atoms with van der Waals surface area (Å²) in [4.78, 5) is 14.5. The molecule has 0 aliphatic carbocycles. The summed E-state index contributed by atoms with van der Waals surface area (Å²) in [6.07, 6.45) is 4.27. The van der Waals surface area contributed by atoms with Crippen LogP contribution in [0.15, 0.2) is 29.2 Å². The lowest BCUT2D eigenvalue weighted by Crippen LogP contribution is -2.14. The number of sulfonamides is 1. The monoisotopic (exact) mass is 366 g/mol. The SMILES string of the molecule is Cc1nc(NS(=O)(=O)c2cccc(CCCCCCC(=O)O)c2)n[nH]1. The van der Waals surface area contributed by atoms with Gasteiger partial charge in [0.05, 0.1) is 4.90 Å². The summed E-state index contributed by atoms with van der Waals surface area (Å²) in [7, 11) is -3.73. The van der Waals surface area contributed by atoms with Gasteiger partial charge in [-0.1, -0.05) is 25.0 Å². The zero-order valence-electron chi connectivity index (χ0n) is 14.0. The highest BCUT2D eigenvalue weighted by Crippen LogP contribution is 2.17. The molecular weight excluding hydrogens is 344 g/mol. The molecule has 1 aromatic heterocycles. The number of aryl methyl sites for hydroxylation is 2. The molecule has 0 saturated heterocycles. The van der Waals surface area contributed by atoms with E-state index in [1.165, 1.54) is 6.07 Å². The van der Waals surface area contributed by atoms with Crippen LogP contribution in [0.25, 0.3) is 0 Å². The third-order valence-corrected chi connectivity index (χ3v) is 4.96. The number of anilines is 1. The summed E-state index contributed by atoms with van der Waals surface area (Å²) in [5.41, 5.74) is 0.923. The molecule has 0 fully saturated rings. The molecule has 0 aliphatic heterocycles. The number of rotatable bonds is 10. The number of carbonyl (C=O) groups is 1. The fourth-order valence-corrected chi connectivity index (χ4v) is 3.41. The van der Waals surface area contributed by atoms with Crippen molar-refractivity contribution in [2.45, 2.75) is 50.3 Å². The van der Waals surface area contributed by atoms with E-state index in [2.05, 4.69) is 19.9 Å². The van der Waals surface area contributed by atoms with Crippen LogP contribution in [0, 0.1) is 6.92 Å². The van der Waals surface area contributed by atoms with Crippen LogP contribution in [-0.4, -0.2) is 34.7 Å². The summed E-state index contributed by atoms with van der Waals surface area (Å²) in [5.74, 6) is -0.234. The molecule has 9 heteroatoms. The van der Waals surface area contributed by atoms with Crippen molar-refractivity contribution in [2.24, 2.45) is 0 Å². The molecule has 0 radical (unpaired) electrons. The number of carboxylic acids is 1. The molecule has 0 bridgehead atoms. The number of aliphatic carboxylic acids is 1. The van der Waals surface area contributed by atoms with Crippen molar-refractivity contribution >= 4 is 21.9 Å². The minimum absolute atomic E-state index is 0.0151. The van der Waals surface area contributed by atoms with Crippen LogP contribution in [0.3, 0.4) is 0 Å². The van der Waals surface area contributed by atoms with E-state index >= 15 is 0 Å². The Morgan fingerprint density at radius 3 is 2.68 bits per heavy atom. The summed E-state index contributed by atoms with van der Waals surface area (Å²) in [6, 6.07) is 6.75. The molecule has 0 amide bonds. The molecule has 1 aromatic carbocycles. The second-order valence-corrected chi connectivity index (χ2v) is 7.49.